The van der Waals surface area contributed by atoms with Gasteiger partial charge in [-0.25, -0.2) is 9.97 Å². The lowest BCUT2D eigenvalue weighted by Crippen LogP contribution is -2.20. The van der Waals surface area contributed by atoms with Crippen molar-refractivity contribution in [2.24, 2.45) is 0 Å². The standard InChI is InChI=1S/C9H15N3O2/c13-2-4-14-3-1-10-5-9-6-11-8-12-7-9/h6-8,10,13H,1-5H2. The van der Waals surface area contributed by atoms with Gasteiger partial charge in [0.15, 0.2) is 0 Å². The third-order valence-corrected chi connectivity index (χ3v) is 1.60. The van der Waals surface area contributed by atoms with Crippen molar-refractivity contribution in [3.8, 4) is 0 Å². The first kappa shape index (κ1) is 11.0. The van der Waals surface area contributed by atoms with Crippen LogP contribution >= 0.6 is 0 Å². The van der Waals surface area contributed by atoms with Gasteiger partial charge in [0.2, 0.25) is 0 Å². The molecular weight excluding hydrogens is 182 g/mol. The predicted octanol–water partition coefficient (Wildman–Crippen LogP) is -0.425. The SMILES string of the molecule is OCCOCCNCc1cncnc1. The Morgan fingerprint density at radius 1 is 1.29 bits per heavy atom. The molecule has 5 heteroatoms. The zero-order valence-corrected chi connectivity index (χ0v) is 8.02. The van der Waals surface area contributed by atoms with Crippen molar-refractivity contribution in [2.75, 3.05) is 26.4 Å². The largest absolute Gasteiger partial charge is 0.394 e. The van der Waals surface area contributed by atoms with Gasteiger partial charge < -0.3 is 15.2 Å². The van der Waals surface area contributed by atoms with E-state index in [1.54, 1.807) is 12.4 Å². The van der Waals surface area contributed by atoms with E-state index >= 15 is 0 Å². The maximum Gasteiger partial charge on any atom is 0.115 e. The van der Waals surface area contributed by atoms with Gasteiger partial charge in [-0.3, -0.25) is 0 Å². The Bertz CT molecular complexity index is 231. The van der Waals surface area contributed by atoms with Crippen LogP contribution in [0.15, 0.2) is 18.7 Å². The number of ether oxygens (including phenoxy) is 1. The van der Waals surface area contributed by atoms with Gasteiger partial charge in [0.1, 0.15) is 6.33 Å². The summed E-state index contributed by atoms with van der Waals surface area (Å²) in [5, 5.41) is 11.6. The highest BCUT2D eigenvalue weighted by Gasteiger charge is 1.91. The van der Waals surface area contributed by atoms with Crippen LogP contribution in [-0.4, -0.2) is 41.4 Å². The predicted molar refractivity (Wildman–Crippen MR) is 51.6 cm³/mol. The summed E-state index contributed by atoms with van der Waals surface area (Å²) in [7, 11) is 0. The monoisotopic (exact) mass is 197 g/mol. The van der Waals surface area contributed by atoms with Gasteiger partial charge in [-0.1, -0.05) is 0 Å². The molecule has 1 rings (SSSR count). The zero-order valence-electron chi connectivity index (χ0n) is 8.02. The Morgan fingerprint density at radius 3 is 2.79 bits per heavy atom. The molecule has 0 spiro atoms. The summed E-state index contributed by atoms with van der Waals surface area (Å²) in [6.07, 6.45) is 5.05. The Morgan fingerprint density at radius 2 is 2.07 bits per heavy atom. The van der Waals surface area contributed by atoms with E-state index in [0.717, 1.165) is 18.7 Å². The molecule has 1 aromatic rings. The summed E-state index contributed by atoms with van der Waals surface area (Å²) in [4.78, 5) is 7.80. The number of nitrogens with one attached hydrogen (secondary N) is 1. The lowest BCUT2D eigenvalue weighted by molar-refractivity contribution is 0.0938. The molecular formula is C9H15N3O2. The van der Waals surface area contributed by atoms with Gasteiger partial charge in [0.05, 0.1) is 19.8 Å². The molecule has 0 aromatic carbocycles. The molecule has 78 valence electrons. The molecule has 14 heavy (non-hydrogen) atoms. The number of aliphatic hydroxyl groups is 1. The molecule has 0 aliphatic carbocycles. The summed E-state index contributed by atoms with van der Waals surface area (Å²) >= 11 is 0. The van der Waals surface area contributed by atoms with Crippen molar-refractivity contribution >= 4 is 0 Å². The van der Waals surface area contributed by atoms with Crippen LogP contribution in [-0.2, 0) is 11.3 Å². The maximum atomic E-state index is 8.44. The van der Waals surface area contributed by atoms with Crippen LogP contribution in [0.25, 0.3) is 0 Å². The molecule has 0 atom stereocenters. The fourth-order valence-corrected chi connectivity index (χ4v) is 0.965. The van der Waals surface area contributed by atoms with Crippen LogP contribution < -0.4 is 5.32 Å². The van der Waals surface area contributed by atoms with Crippen molar-refractivity contribution in [3.63, 3.8) is 0 Å². The van der Waals surface area contributed by atoms with Crippen LogP contribution in [0.2, 0.25) is 0 Å². The third-order valence-electron chi connectivity index (χ3n) is 1.60. The summed E-state index contributed by atoms with van der Waals surface area (Å²) in [6, 6.07) is 0. The average molecular weight is 197 g/mol. The minimum Gasteiger partial charge on any atom is -0.394 e. The molecule has 2 N–H and O–H groups in total. The Balaban J connectivity index is 1.99. The molecule has 0 bridgehead atoms. The first-order chi connectivity index (χ1) is 6.93. The minimum absolute atomic E-state index is 0.0759. The van der Waals surface area contributed by atoms with E-state index in [9.17, 15) is 0 Å². The van der Waals surface area contributed by atoms with Crippen LogP contribution in [0.4, 0.5) is 0 Å². The van der Waals surface area contributed by atoms with Gasteiger partial charge in [-0.05, 0) is 0 Å². The van der Waals surface area contributed by atoms with Crippen LogP contribution in [0.5, 0.6) is 0 Å². The topological polar surface area (TPSA) is 67.3 Å². The molecule has 0 radical (unpaired) electrons. The molecule has 0 amide bonds. The molecule has 0 aliphatic rings. The molecule has 1 heterocycles. The van der Waals surface area contributed by atoms with E-state index in [0.29, 0.717) is 13.2 Å². The van der Waals surface area contributed by atoms with Crippen LogP contribution in [0, 0.1) is 0 Å². The average Bonchev–Trinajstić information content (AvgIpc) is 2.25. The van der Waals surface area contributed by atoms with Crippen molar-refractivity contribution < 1.29 is 9.84 Å². The van der Waals surface area contributed by atoms with E-state index in [2.05, 4.69) is 15.3 Å². The van der Waals surface area contributed by atoms with E-state index in [1.165, 1.54) is 6.33 Å². The van der Waals surface area contributed by atoms with Crippen molar-refractivity contribution in [1.29, 1.82) is 0 Å². The highest BCUT2D eigenvalue weighted by molar-refractivity contribution is 5.01. The molecule has 0 saturated carbocycles. The van der Waals surface area contributed by atoms with Gasteiger partial charge in [0, 0.05) is 31.0 Å². The highest BCUT2D eigenvalue weighted by Crippen LogP contribution is 1.90. The second kappa shape index (κ2) is 7.37. The smallest absolute Gasteiger partial charge is 0.115 e. The van der Waals surface area contributed by atoms with Crippen LogP contribution in [0.3, 0.4) is 0 Å². The quantitative estimate of drug-likeness (QED) is 0.581. The van der Waals surface area contributed by atoms with Crippen molar-refractivity contribution in [2.45, 2.75) is 6.54 Å². The zero-order chi connectivity index (χ0) is 10.1. The highest BCUT2D eigenvalue weighted by atomic mass is 16.5. The van der Waals surface area contributed by atoms with E-state index < -0.39 is 0 Å². The molecule has 5 nitrogen and oxygen atoms in total. The normalized spacial score (nSPS) is 10.4. The third kappa shape index (κ3) is 4.86. The lowest BCUT2D eigenvalue weighted by Gasteiger charge is -2.04. The number of nitrogens with zero attached hydrogens (tertiary/aromatic N) is 2. The summed E-state index contributed by atoms with van der Waals surface area (Å²) in [6.45, 7) is 2.58. The van der Waals surface area contributed by atoms with E-state index in [4.69, 9.17) is 9.84 Å². The van der Waals surface area contributed by atoms with E-state index in [-0.39, 0.29) is 6.61 Å². The Labute approximate surface area is 83.2 Å². The Hall–Kier alpha value is -1.04. The van der Waals surface area contributed by atoms with Gasteiger partial charge in [0.25, 0.3) is 0 Å². The number of hydrogen-bond acceptors (Lipinski definition) is 5. The lowest BCUT2D eigenvalue weighted by atomic mass is 10.3. The number of aliphatic hydroxyl groups excluding tert-OH is 1. The summed E-state index contributed by atoms with van der Waals surface area (Å²) in [5.41, 5.74) is 1.05. The summed E-state index contributed by atoms with van der Waals surface area (Å²) < 4.78 is 5.08. The second-order valence-corrected chi connectivity index (χ2v) is 2.76. The molecule has 0 unspecified atom stereocenters. The molecule has 0 fully saturated rings. The number of hydrogen-bond donors (Lipinski definition) is 2. The molecule has 1 aromatic heterocycles. The molecule has 0 aliphatic heterocycles. The fraction of sp³-hybridized carbons (Fsp3) is 0.556. The fourth-order valence-electron chi connectivity index (χ4n) is 0.965. The first-order valence-corrected chi connectivity index (χ1v) is 4.56. The first-order valence-electron chi connectivity index (χ1n) is 4.56. The number of rotatable bonds is 7. The molecule has 0 saturated heterocycles. The maximum absolute atomic E-state index is 8.44. The van der Waals surface area contributed by atoms with Crippen molar-refractivity contribution in [3.05, 3.63) is 24.3 Å². The minimum atomic E-state index is 0.0759. The summed E-state index contributed by atoms with van der Waals surface area (Å²) in [5.74, 6) is 0. The number of aromatic nitrogens is 2. The van der Waals surface area contributed by atoms with Gasteiger partial charge in [-0.15, -0.1) is 0 Å². The van der Waals surface area contributed by atoms with Crippen molar-refractivity contribution in [1.82, 2.24) is 15.3 Å². The van der Waals surface area contributed by atoms with E-state index in [1.807, 2.05) is 0 Å². The van der Waals surface area contributed by atoms with Crippen LogP contribution in [0.1, 0.15) is 5.56 Å². The Kier molecular flexibility index (Phi) is 5.81. The van der Waals surface area contributed by atoms with Gasteiger partial charge in [-0.2, -0.15) is 0 Å². The van der Waals surface area contributed by atoms with Gasteiger partial charge >= 0.3 is 0 Å². The second-order valence-electron chi connectivity index (χ2n) is 2.76.